The maximum Gasteiger partial charge on any atom is 0.180 e. The van der Waals surface area contributed by atoms with E-state index in [1.807, 2.05) is 18.2 Å². The number of nitrogens with zero attached hydrogens (tertiary/aromatic N) is 2. The highest BCUT2D eigenvalue weighted by molar-refractivity contribution is 7.15. The molecule has 0 atom stereocenters. The van der Waals surface area contributed by atoms with Gasteiger partial charge in [-0.25, -0.2) is 4.98 Å². The average molecular weight is 191 g/mol. The minimum absolute atomic E-state index is 0.617. The van der Waals surface area contributed by atoms with Crippen LogP contribution < -0.4 is 5.73 Å². The van der Waals surface area contributed by atoms with Gasteiger partial charge in [-0.2, -0.15) is 0 Å². The summed E-state index contributed by atoms with van der Waals surface area (Å²) in [4.78, 5) is 9.35. The summed E-state index contributed by atoms with van der Waals surface area (Å²) in [6.07, 6.45) is 4.41. The van der Waals surface area contributed by atoms with Gasteiger partial charge in [0, 0.05) is 29.4 Å². The molecule has 0 saturated carbocycles. The van der Waals surface area contributed by atoms with Crippen molar-refractivity contribution < 1.29 is 0 Å². The molecule has 2 N–H and O–H groups in total. The summed E-state index contributed by atoms with van der Waals surface area (Å²) in [5.41, 5.74) is 6.57. The van der Waals surface area contributed by atoms with Gasteiger partial charge in [0.05, 0.1) is 0 Å². The third kappa shape index (κ3) is 2.03. The molecular formula is C9H9N3S. The van der Waals surface area contributed by atoms with Crippen LogP contribution in [-0.4, -0.2) is 9.97 Å². The zero-order valence-electron chi connectivity index (χ0n) is 6.97. The zero-order chi connectivity index (χ0) is 9.10. The Hall–Kier alpha value is -1.42. The SMILES string of the molecule is Nc1ncc(Cc2ccccn2)s1. The van der Waals surface area contributed by atoms with E-state index in [1.165, 1.54) is 11.3 Å². The van der Waals surface area contributed by atoms with E-state index in [1.54, 1.807) is 12.4 Å². The van der Waals surface area contributed by atoms with Crippen molar-refractivity contribution in [2.75, 3.05) is 5.73 Å². The largest absolute Gasteiger partial charge is 0.375 e. The first-order valence-electron chi connectivity index (χ1n) is 3.94. The molecule has 0 radical (unpaired) electrons. The summed E-state index contributed by atoms with van der Waals surface area (Å²) in [6, 6.07) is 5.88. The number of rotatable bonds is 2. The summed E-state index contributed by atoms with van der Waals surface area (Å²) < 4.78 is 0. The maximum atomic E-state index is 5.52. The van der Waals surface area contributed by atoms with Gasteiger partial charge in [0.1, 0.15) is 0 Å². The highest BCUT2D eigenvalue weighted by Gasteiger charge is 2.00. The third-order valence-electron chi connectivity index (χ3n) is 1.65. The molecule has 2 rings (SSSR count). The van der Waals surface area contributed by atoms with Crippen molar-refractivity contribution in [2.24, 2.45) is 0 Å². The lowest BCUT2D eigenvalue weighted by Gasteiger charge is -1.94. The zero-order valence-corrected chi connectivity index (χ0v) is 7.79. The van der Waals surface area contributed by atoms with Crippen LogP contribution in [0.5, 0.6) is 0 Å². The number of pyridine rings is 1. The van der Waals surface area contributed by atoms with E-state index in [0.717, 1.165) is 17.0 Å². The van der Waals surface area contributed by atoms with Crippen LogP contribution >= 0.6 is 11.3 Å². The van der Waals surface area contributed by atoms with E-state index in [0.29, 0.717) is 5.13 Å². The molecule has 0 aliphatic heterocycles. The maximum absolute atomic E-state index is 5.52. The Morgan fingerprint density at radius 3 is 2.85 bits per heavy atom. The first kappa shape index (κ1) is 8.19. The van der Waals surface area contributed by atoms with E-state index < -0.39 is 0 Å². The van der Waals surface area contributed by atoms with Gasteiger partial charge in [0.25, 0.3) is 0 Å². The molecule has 0 bridgehead atoms. The number of aromatic nitrogens is 2. The topological polar surface area (TPSA) is 51.8 Å². The molecule has 0 spiro atoms. The Labute approximate surface area is 80.3 Å². The van der Waals surface area contributed by atoms with Gasteiger partial charge in [0.15, 0.2) is 5.13 Å². The minimum atomic E-state index is 0.617. The van der Waals surface area contributed by atoms with Gasteiger partial charge in [-0.3, -0.25) is 4.98 Å². The number of hydrogen-bond acceptors (Lipinski definition) is 4. The smallest absolute Gasteiger partial charge is 0.180 e. The number of thiazole rings is 1. The van der Waals surface area contributed by atoms with Gasteiger partial charge in [-0.15, -0.1) is 11.3 Å². The van der Waals surface area contributed by atoms with Crippen molar-refractivity contribution in [3.05, 3.63) is 41.2 Å². The second kappa shape index (κ2) is 3.53. The fraction of sp³-hybridized carbons (Fsp3) is 0.111. The summed E-state index contributed by atoms with van der Waals surface area (Å²) in [5, 5.41) is 0.617. The second-order valence-corrected chi connectivity index (χ2v) is 3.81. The molecule has 13 heavy (non-hydrogen) atoms. The van der Waals surface area contributed by atoms with E-state index in [4.69, 9.17) is 5.73 Å². The molecule has 0 aliphatic carbocycles. The Kier molecular flexibility index (Phi) is 2.23. The summed E-state index contributed by atoms with van der Waals surface area (Å²) in [5.74, 6) is 0. The monoisotopic (exact) mass is 191 g/mol. The van der Waals surface area contributed by atoms with Crippen molar-refractivity contribution in [3.8, 4) is 0 Å². The molecule has 0 aromatic carbocycles. The Morgan fingerprint density at radius 1 is 1.31 bits per heavy atom. The molecule has 66 valence electrons. The van der Waals surface area contributed by atoms with Crippen LogP contribution in [0.4, 0.5) is 5.13 Å². The molecule has 0 aliphatic rings. The summed E-state index contributed by atoms with van der Waals surface area (Å²) >= 11 is 1.51. The van der Waals surface area contributed by atoms with Gasteiger partial charge < -0.3 is 5.73 Å². The van der Waals surface area contributed by atoms with E-state index in [9.17, 15) is 0 Å². The quantitative estimate of drug-likeness (QED) is 0.786. The molecule has 2 aromatic rings. The molecule has 3 nitrogen and oxygen atoms in total. The number of hydrogen-bond donors (Lipinski definition) is 1. The van der Waals surface area contributed by atoms with Crippen molar-refractivity contribution >= 4 is 16.5 Å². The molecule has 2 heterocycles. The number of nitrogen functional groups attached to an aromatic ring is 1. The molecule has 0 saturated heterocycles. The highest BCUT2D eigenvalue weighted by atomic mass is 32.1. The van der Waals surface area contributed by atoms with Crippen LogP contribution in [0.3, 0.4) is 0 Å². The van der Waals surface area contributed by atoms with Crippen LogP contribution in [0, 0.1) is 0 Å². The molecule has 4 heteroatoms. The predicted molar refractivity (Wildman–Crippen MR) is 53.6 cm³/mol. The predicted octanol–water partition coefficient (Wildman–Crippen LogP) is 1.71. The van der Waals surface area contributed by atoms with Crippen LogP contribution in [0.1, 0.15) is 10.6 Å². The lowest BCUT2D eigenvalue weighted by atomic mass is 10.2. The Morgan fingerprint density at radius 2 is 2.23 bits per heavy atom. The second-order valence-electron chi connectivity index (χ2n) is 2.66. The number of nitrogens with two attached hydrogens (primary N) is 1. The first-order valence-corrected chi connectivity index (χ1v) is 4.76. The molecule has 2 aromatic heterocycles. The van der Waals surface area contributed by atoms with Gasteiger partial charge in [0.2, 0.25) is 0 Å². The van der Waals surface area contributed by atoms with Gasteiger partial charge >= 0.3 is 0 Å². The lowest BCUT2D eigenvalue weighted by Crippen LogP contribution is -1.87. The molecule has 0 fully saturated rings. The van der Waals surface area contributed by atoms with Crippen molar-refractivity contribution in [1.82, 2.24) is 9.97 Å². The van der Waals surface area contributed by atoms with Crippen LogP contribution in [0.2, 0.25) is 0 Å². The van der Waals surface area contributed by atoms with E-state index >= 15 is 0 Å². The Balaban J connectivity index is 2.15. The molecular weight excluding hydrogens is 182 g/mol. The highest BCUT2D eigenvalue weighted by Crippen LogP contribution is 2.17. The molecule has 0 amide bonds. The van der Waals surface area contributed by atoms with Crippen LogP contribution in [0.15, 0.2) is 30.6 Å². The normalized spacial score (nSPS) is 10.2. The summed E-state index contributed by atoms with van der Waals surface area (Å²) in [7, 11) is 0. The lowest BCUT2D eigenvalue weighted by molar-refractivity contribution is 1.09. The molecule has 0 unspecified atom stereocenters. The summed E-state index contributed by atoms with van der Waals surface area (Å²) in [6.45, 7) is 0. The van der Waals surface area contributed by atoms with E-state index in [-0.39, 0.29) is 0 Å². The average Bonchev–Trinajstić information content (AvgIpc) is 2.53. The van der Waals surface area contributed by atoms with Gasteiger partial charge in [-0.1, -0.05) is 6.07 Å². The standard InChI is InChI=1S/C9H9N3S/c10-9-12-6-8(13-9)5-7-3-1-2-4-11-7/h1-4,6H,5H2,(H2,10,12). The van der Waals surface area contributed by atoms with E-state index in [2.05, 4.69) is 9.97 Å². The van der Waals surface area contributed by atoms with Gasteiger partial charge in [-0.05, 0) is 12.1 Å². The van der Waals surface area contributed by atoms with Crippen LogP contribution in [0.25, 0.3) is 0 Å². The van der Waals surface area contributed by atoms with Crippen LogP contribution in [-0.2, 0) is 6.42 Å². The minimum Gasteiger partial charge on any atom is -0.375 e. The van der Waals surface area contributed by atoms with Crippen molar-refractivity contribution in [1.29, 1.82) is 0 Å². The Bertz CT molecular complexity index is 383. The number of anilines is 1. The first-order chi connectivity index (χ1) is 6.34. The third-order valence-corrected chi connectivity index (χ3v) is 2.48. The van der Waals surface area contributed by atoms with Crippen molar-refractivity contribution in [3.63, 3.8) is 0 Å². The van der Waals surface area contributed by atoms with Crippen molar-refractivity contribution in [2.45, 2.75) is 6.42 Å². The fourth-order valence-electron chi connectivity index (χ4n) is 1.09. The fourth-order valence-corrected chi connectivity index (χ4v) is 1.79.